The lowest BCUT2D eigenvalue weighted by molar-refractivity contribution is -0.144. The number of morpholine rings is 1. The summed E-state index contributed by atoms with van der Waals surface area (Å²) in [7, 11) is 0. The van der Waals surface area contributed by atoms with Crippen molar-refractivity contribution in [2.75, 3.05) is 26.2 Å². The van der Waals surface area contributed by atoms with Crippen LogP contribution in [0.3, 0.4) is 0 Å². The zero-order chi connectivity index (χ0) is 21.8. The fraction of sp³-hybridized carbons (Fsp3) is 0.560. The molecular weight excluding hydrogens is 390 g/mol. The van der Waals surface area contributed by atoms with Gasteiger partial charge in [-0.25, -0.2) is 4.98 Å². The maximum absolute atomic E-state index is 13.1. The van der Waals surface area contributed by atoms with E-state index < -0.39 is 0 Å². The highest BCUT2D eigenvalue weighted by Crippen LogP contribution is 2.30. The lowest BCUT2D eigenvalue weighted by Crippen LogP contribution is -2.45. The molecule has 0 spiro atoms. The standard InChI is InChI=1S/C25H33N3O3/c1-17(2)15-26-24(29)20-14-22(27-21-11-7-6-10-19(20)21)23-16-28(12-13-31-23)25(30)18-8-4-3-5-9-18/h6-7,10-11,14,17-18,23H,3-5,8-9,12-13,15-16H2,1-2H3,(H,26,29)/t23-/m0/s1. The monoisotopic (exact) mass is 423 g/mol. The summed E-state index contributed by atoms with van der Waals surface area (Å²) in [5.41, 5.74) is 2.10. The second-order valence-corrected chi connectivity index (χ2v) is 9.19. The Morgan fingerprint density at radius 2 is 1.97 bits per heavy atom. The van der Waals surface area contributed by atoms with Gasteiger partial charge in [0, 0.05) is 24.4 Å². The molecule has 1 saturated heterocycles. The van der Waals surface area contributed by atoms with Gasteiger partial charge in [-0.2, -0.15) is 0 Å². The Labute approximate surface area is 184 Å². The minimum atomic E-state index is -0.317. The molecule has 0 bridgehead atoms. The number of rotatable bonds is 5. The summed E-state index contributed by atoms with van der Waals surface area (Å²) in [4.78, 5) is 32.7. The zero-order valence-corrected chi connectivity index (χ0v) is 18.6. The van der Waals surface area contributed by atoms with Gasteiger partial charge in [0.25, 0.3) is 5.91 Å². The highest BCUT2D eigenvalue weighted by molar-refractivity contribution is 6.06. The SMILES string of the molecule is CC(C)CNC(=O)c1cc([C@@H]2CN(C(=O)C3CCCCC3)CCO2)nc2ccccc12. The van der Waals surface area contributed by atoms with Gasteiger partial charge in [-0.3, -0.25) is 9.59 Å². The molecule has 2 amide bonds. The van der Waals surface area contributed by atoms with Crippen LogP contribution in [0.4, 0.5) is 0 Å². The number of pyridine rings is 1. The van der Waals surface area contributed by atoms with E-state index in [2.05, 4.69) is 19.2 Å². The van der Waals surface area contributed by atoms with E-state index >= 15 is 0 Å². The van der Waals surface area contributed by atoms with Crippen molar-refractivity contribution in [1.29, 1.82) is 0 Å². The van der Waals surface area contributed by atoms with E-state index in [1.165, 1.54) is 6.42 Å². The van der Waals surface area contributed by atoms with Crippen LogP contribution in [0.2, 0.25) is 0 Å². The molecule has 2 heterocycles. The summed E-state index contributed by atoms with van der Waals surface area (Å²) < 4.78 is 6.03. The number of hydrogen-bond acceptors (Lipinski definition) is 4. The number of para-hydroxylation sites is 1. The van der Waals surface area contributed by atoms with Gasteiger partial charge in [-0.15, -0.1) is 0 Å². The highest BCUT2D eigenvalue weighted by Gasteiger charge is 2.31. The number of carbonyl (C=O) groups is 2. The number of ether oxygens (including phenoxy) is 1. The molecule has 0 radical (unpaired) electrons. The van der Waals surface area contributed by atoms with Crippen molar-refractivity contribution >= 4 is 22.7 Å². The molecule has 1 aromatic heterocycles. The molecular formula is C25H33N3O3. The fourth-order valence-electron chi connectivity index (χ4n) is 4.58. The molecule has 166 valence electrons. The smallest absolute Gasteiger partial charge is 0.252 e. The van der Waals surface area contributed by atoms with Crippen molar-refractivity contribution in [3.05, 3.63) is 41.6 Å². The summed E-state index contributed by atoms with van der Waals surface area (Å²) in [5.74, 6) is 0.676. The normalized spacial score (nSPS) is 20.2. The van der Waals surface area contributed by atoms with Crippen molar-refractivity contribution in [3.63, 3.8) is 0 Å². The van der Waals surface area contributed by atoms with Crippen LogP contribution >= 0.6 is 0 Å². The van der Waals surface area contributed by atoms with Gasteiger partial charge in [-0.05, 0) is 30.9 Å². The minimum absolute atomic E-state index is 0.0977. The van der Waals surface area contributed by atoms with Crippen LogP contribution in [-0.4, -0.2) is 47.9 Å². The molecule has 2 fully saturated rings. The first-order valence-electron chi connectivity index (χ1n) is 11.6. The van der Waals surface area contributed by atoms with Crippen LogP contribution in [-0.2, 0) is 9.53 Å². The van der Waals surface area contributed by atoms with E-state index in [9.17, 15) is 9.59 Å². The molecule has 0 unspecified atom stereocenters. The molecule has 31 heavy (non-hydrogen) atoms. The molecule has 1 saturated carbocycles. The summed E-state index contributed by atoms with van der Waals surface area (Å²) in [6.45, 7) is 6.38. The lowest BCUT2D eigenvalue weighted by Gasteiger charge is -2.36. The first-order chi connectivity index (χ1) is 15.0. The number of nitrogens with one attached hydrogen (secondary N) is 1. The second kappa shape index (κ2) is 9.77. The van der Waals surface area contributed by atoms with Gasteiger partial charge in [0.15, 0.2) is 0 Å². The number of nitrogens with zero attached hydrogens (tertiary/aromatic N) is 2. The van der Waals surface area contributed by atoms with Gasteiger partial charge in [0.05, 0.1) is 29.9 Å². The van der Waals surface area contributed by atoms with Crippen LogP contribution in [0.5, 0.6) is 0 Å². The maximum Gasteiger partial charge on any atom is 0.252 e. The Morgan fingerprint density at radius 3 is 2.74 bits per heavy atom. The fourth-order valence-corrected chi connectivity index (χ4v) is 4.58. The Morgan fingerprint density at radius 1 is 1.19 bits per heavy atom. The molecule has 1 aliphatic carbocycles. The van der Waals surface area contributed by atoms with Crippen LogP contribution in [0.25, 0.3) is 10.9 Å². The maximum atomic E-state index is 13.1. The molecule has 1 aromatic carbocycles. The number of hydrogen-bond donors (Lipinski definition) is 1. The molecule has 1 N–H and O–H groups in total. The highest BCUT2D eigenvalue weighted by atomic mass is 16.5. The summed E-state index contributed by atoms with van der Waals surface area (Å²) >= 11 is 0. The average molecular weight is 424 g/mol. The topological polar surface area (TPSA) is 71.5 Å². The largest absolute Gasteiger partial charge is 0.368 e. The number of benzene rings is 1. The summed E-state index contributed by atoms with van der Waals surface area (Å²) in [6, 6.07) is 9.54. The Hall–Kier alpha value is -2.47. The molecule has 4 rings (SSSR count). The second-order valence-electron chi connectivity index (χ2n) is 9.19. The lowest BCUT2D eigenvalue weighted by atomic mass is 9.88. The molecule has 1 atom stereocenters. The molecule has 6 nitrogen and oxygen atoms in total. The van der Waals surface area contributed by atoms with Gasteiger partial charge in [-0.1, -0.05) is 51.3 Å². The van der Waals surface area contributed by atoms with E-state index in [0.29, 0.717) is 37.7 Å². The van der Waals surface area contributed by atoms with E-state index in [4.69, 9.17) is 9.72 Å². The van der Waals surface area contributed by atoms with Crippen LogP contribution in [0.1, 0.15) is 68.1 Å². The summed E-state index contributed by atoms with van der Waals surface area (Å²) in [6.07, 6.45) is 5.20. The average Bonchev–Trinajstić information content (AvgIpc) is 2.82. The van der Waals surface area contributed by atoms with Gasteiger partial charge < -0.3 is 15.0 Å². The Balaban J connectivity index is 1.58. The van der Waals surface area contributed by atoms with Crippen molar-refractivity contribution in [2.45, 2.75) is 52.1 Å². The number of fused-ring (bicyclic) bond motifs is 1. The van der Waals surface area contributed by atoms with Crippen LogP contribution in [0.15, 0.2) is 30.3 Å². The van der Waals surface area contributed by atoms with Gasteiger partial charge >= 0.3 is 0 Å². The predicted octanol–water partition coefficient (Wildman–Crippen LogP) is 4.10. The summed E-state index contributed by atoms with van der Waals surface area (Å²) in [5, 5.41) is 3.85. The number of carbonyl (C=O) groups excluding carboxylic acids is 2. The van der Waals surface area contributed by atoms with E-state index in [-0.39, 0.29) is 23.8 Å². The van der Waals surface area contributed by atoms with Crippen LogP contribution in [0, 0.1) is 11.8 Å². The minimum Gasteiger partial charge on any atom is -0.368 e. The van der Waals surface area contributed by atoms with Crippen molar-refractivity contribution < 1.29 is 14.3 Å². The zero-order valence-electron chi connectivity index (χ0n) is 18.6. The van der Waals surface area contributed by atoms with Crippen molar-refractivity contribution in [1.82, 2.24) is 15.2 Å². The molecule has 2 aromatic rings. The van der Waals surface area contributed by atoms with E-state index in [1.807, 2.05) is 35.2 Å². The third-order valence-corrected chi connectivity index (χ3v) is 6.31. The van der Waals surface area contributed by atoms with Crippen LogP contribution < -0.4 is 5.32 Å². The predicted molar refractivity (Wildman–Crippen MR) is 121 cm³/mol. The van der Waals surface area contributed by atoms with Gasteiger partial charge in [0.1, 0.15) is 6.10 Å². The molecule has 6 heteroatoms. The first-order valence-corrected chi connectivity index (χ1v) is 11.6. The Bertz CT molecular complexity index is 937. The quantitative estimate of drug-likeness (QED) is 0.786. The molecule has 1 aliphatic heterocycles. The molecule has 2 aliphatic rings. The number of aromatic nitrogens is 1. The third kappa shape index (κ3) is 5.06. The van der Waals surface area contributed by atoms with E-state index in [0.717, 1.165) is 42.3 Å². The first kappa shape index (κ1) is 21.8. The van der Waals surface area contributed by atoms with Crippen molar-refractivity contribution in [2.24, 2.45) is 11.8 Å². The van der Waals surface area contributed by atoms with Gasteiger partial charge in [0.2, 0.25) is 5.91 Å². The van der Waals surface area contributed by atoms with E-state index in [1.54, 1.807) is 0 Å². The Kier molecular flexibility index (Phi) is 6.86. The third-order valence-electron chi connectivity index (χ3n) is 6.31. The van der Waals surface area contributed by atoms with Crippen molar-refractivity contribution in [3.8, 4) is 0 Å². The number of amides is 2.